The van der Waals surface area contributed by atoms with Crippen LogP contribution in [0.2, 0.25) is 0 Å². The number of benzene rings is 1. The maximum absolute atomic E-state index is 12.1. The van der Waals surface area contributed by atoms with Crippen molar-refractivity contribution >= 4 is 0 Å². The minimum absolute atomic E-state index is 0.182. The van der Waals surface area contributed by atoms with Crippen molar-refractivity contribution in [3.8, 4) is 11.8 Å². The Labute approximate surface area is 117 Å². The number of methoxy groups -OCH3 is 1. The summed E-state index contributed by atoms with van der Waals surface area (Å²) in [5.41, 5.74) is 1.91. The van der Waals surface area contributed by atoms with E-state index in [1.165, 1.54) is 0 Å². The lowest BCUT2D eigenvalue weighted by atomic mass is 10.1. The molecule has 2 rings (SSSR count). The van der Waals surface area contributed by atoms with Gasteiger partial charge in [0.1, 0.15) is 17.4 Å². The largest absolute Gasteiger partial charge is 0.497 e. The minimum atomic E-state index is -0.226. The predicted octanol–water partition coefficient (Wildman–Crippen LogP) is 2.28. The molecule has 4 nitrogen and oxygen atoms in total. The molecule has 0 spiro atoms. The first-order valence-electron chi connectivity index (χ1n) is 6.39. The standard InChI is InChI=1S/C16H16N2O2/c1-12-6-7-14(11-17)16(19)18(12)9-8-13-4-3-5-15(10-13)20-2/h3-7,10H,8-9H2,1-2H3. The van der Waals surface area contributed by atoms with Gasteiger partial charge in [-0.05, 0) is 43.2 Å². The monoisotopic (exact) mass is 268 g/mol. The number of nitriles is 1. The van der Waals surface area contributed by atoms with Crippen LogP contribution in [-0.4, -0.2) is 11.7 Å². The van der Waals surface area contributed by atoms with Gasteiger partial charge in [-0.15, -0.1) is 0 Å². The van der Waals surface area contributed by atoms with E-state index < -0.39 is 0 Å². The van der Waals surface area contributed by atoms with Gasteiger partial charge in [0.05, 0.1) is 7.11 Å². The van der Waals surface area contributed by atoms with E-state index in [1.807, 2.05) is 37.3 Å². The predicted molar refractivity (Wildman–Crippen MR) is 76.9 cm³/mol. The average Bonchev–Trinajstić information content (AvgIpc) is 2.47. The van der Waals surface area contributed by atoms with Gasteiger partial charge in [-0.2, -0.15) is 5.26 Å². The summed E-state index contributed by atoms with van der Waals surface area (Å²) in [6, 6.07) is 13.1. The molecule has 0 aliphatic carbocycles. The molecule has 0 aliphatic heterocycles. The van der Waals surface area contributed by atoms with Crippen LogP contribution in [0, 0.1) is 18.3 Å². The van der Waals surface area contributed by atoms with Gasteiger partial charge in [-0.25, -0.2) is 0 Å². The summed E-state index contributed by atoms with van der Waals surface area (Å²) in [7, 11) is 1.63. The van der Waals surface area contributed by atoms with Gasteiger partial charge in [0.2, 0.25) is 0 Å². The number of aromatic nitrogens is 1. The van der Waals surface area contributed by atoms with Crippen LogP contribution in [0.3, 0.4) is 0 Å². The Hall–Kier alpha value is -2.54. The molecule has 0 bridgehead atoms. The lowest BCUT2D eigenvalue weighted by molar-refractivity contribution is 0.414. The van der Waals surface area contributed by atoms with Crippen LogP contribution in [0.25, 0.3) is 0 Å². The molecule has 4 heteroatoms. The summed E-state index contributed by atoms with van der Waals surface area (Å²) in [4.78, 5) is 12.1. The molecule has 1 aromatic carbocycles. The van der Waals surface area contributed by atoms with Crippen LogP contribution in [0.5, 0.6) is 5.75 Å². The minimum Gasteiger partial charge on any atom is -0.497 e. The fourth-order valence-corrected chi connectivity index (χ4v) is 2.10. The molecule has 0 aliphatic rings. The van der Waals surface area contributed by atoms with E-state index in [9.17, 15) is 4.79 Å². The summed E-state index contributed by atoms with van der Waals surface area (Å²) < 4.78 is 6.82. The summed E-state index contributed by atoms with van der Waals surface area (Å²) >= 11 is 0. The van der Waals surface area contributed by atoms with E-state index in [-0.39, 0.29) is 11.1 Å². The molecule has 0 unspecified atom stereocenters. The van der Waals surface area contributed by atoms with Crippen molar-refractivity contribution in [2.45, 2.75) is 19.9 Å². The Morgan fingerprint density at radius 1 is 1.30 bits per heavy atom. The van der Waals surface area contributed by atoms with Crippen molar-refractivity contribution < 1.29 is 4.74 Å². The number of hydrogen-bond donors (Lipinski definition) is 0. The van der Waals surface area contributed by atoms with Crippen molar-refractivity contribution in [2.75, 3.05) is 7.11 Å². The summed E-state index contributed by atoms with van der Waals surface area (Å²) in [6.45, 7) is 2.42. The Kier molecular flexibility index (Phi) is 4.21. The topological polar surface area (TPSA) is 55.0 Å². The number of ether oxygens (including phenoxy) is 1. The molecule has 20 heavy (non-hydrogen) atoms. The lowest BCUT2D eigenvalue weighted by Crippen LogP contribution is -2.25. The molecule has 0 saturated carbocycles. The molecule has 0 radical (unpaired) electrons. The number of nitrogens with zero attached hydrogens (tertiary/aromatic N) is 2. The zero-order valence-corrected chi connectivity index (χ0v) is 11.6. The van der Waals surface area contributed by atoms with Gasteiger partial charge >= 0.3 is 0 Å². The molecule has 0 fully saturated rings. The smallest absolute Gasteiger partial charge is 0.268 e. The Morgan fingerprint density at radius 3 is 2.80 bits per heavy atom. The molecule has 2 aromatic rings. The van der Waals surface area contributed by atoms with E-state index in [2.05, 4.69) is 0 Å². The summed E-state index contributed by atoms with van der Waals surface area (Å²) in [5.74, 6) is 0.803. The first kappa shape index (κ1) is 13.9. The van der Waals surface area contributed by atoms with Crippen molar-refractivity contribution in [3.05, 3.63) is 63.6 Å². The summed E-state index contributed by atoms with van der Waals surface area (Å²) in [5, 5.41) is 8.91. The third-order valence-electron chi connectivity index (χ3n) is 3.27. The Bertz CT molecular complexity index is 711. The van der Waals surface area contributed by atoms with Gasteiger partial charge in [-0.3, -0.25) is 4.79 Å². The lowest BCUT2D eigenvalue weighted by Gasteiger charge is -2.10. The van der Waals surface area contributed by atoms with Gasteiger partial charge in [0, 0.05) is 12.2 Å². The van der Waals surface area contributed by atoms with Crippen molar-refractivity contribution in [3.63, 3.8) is 0 Å². The first-order chi connectivity index (χ1) is 9.65. The van der Waals surface area contributed by atoms with Crippen LogP contribution < -0.4 is 10.3 Å². The van der Waals surface area contributed by atoms with E-state index in [4.69, 9.17) is 10.00 Å². The third-order valence-corrected chi connectivity index (χ3v) is 3.27. The van der Waals surface area contributed by atoms with Crippen molar-refractivity contribution in [2.24, 2.45) is 0 Å². The van der Waals surface area contributed by atoms with Gasteiger partial charge < -0.3 is 9.30 Å². The molecule has 0 saturated heterocycles. The van der Waals surface area contributed by atoms with Crippen LogP contribution >= 0.6 is 0 Å². The average molecular weight is 268 g/mol. The fourth-order valence-electron chi connectivity index (χ4n) is 2.10. The highest BCUT2D eigenvalue weighted by Crippen LogP contribution is 2.13. The second-order valence-electron chi connectivity index (χ2n) is 4.56. The molecule has 102 valence electrons. The summed E-state index contributed by atoms with van der Waals surface area (Å²) in [6.07, 6.45) is 0.715. The first-order valence-corrected chi connectivity index (χ1v) is 6.39. The zero-order valence-electron chi connectivity index (χ0n) is 11.6. The van der Waals surface area contributed by atoms with Crippen molar-refractivity contribution in [1.29, 1.82) is 5.26 Å². The van der Waals surface area contributed by atoms with E-state index in [0.29, 0.717) is 13.0 Å². The van der Waals surface area contributed by atoms with Gasteiger partial charge in [0.15, 0.2) is 0 Å². The van der Waals surface area contributed by atoms with Crippen LogP contribution in [0.4, 0.5) is 0 Å². The number of hydrogen-bond acceptors (Lipinski definition) is 3. The van der Waals surface area contributed by atoms with Gasteiger partial charge in [0.25, 0.3) is 5.56 Å². The second-order valence-corrected chi connectivity index (χ2v) is 4.56. The highest BCUT2D eigenvalue weighted by Gasteiger charge is 2.06. The zero-order chi connectivity index (χ0) is 14.5. The third kappa shape index (κ3) is 2.89. The number of aryl methyl sites for hydroxylation is 2. The molecular weight excluding hydrogens is 252 g/mol. The molecular formula is C16H16N2O2. The van der Waals surface area contributed by atoms with Crippen LogP contribution in [-0.2, 0) is 13.0 Å². The second kappa shape index (κ2) is 6.07. The quantitative estimate of drug-likeness (QED) is 0.854. The van der Waals surface area contributed by atoms with E-state index in [1.54, 1.807) is 23.8 Å². The Morgan fingerprint density at radius 2 is 2.10 bits per heavy atom. The van der Waals surface area contributed by atoms with E-state index in [0.717, 1.165) is 17.0 Å². The molecule has 0 amide bonds. The maximum atomic E-state index is 12.1. The van der Waals surface area contributed by atoms with E-state index >= 15 is 0 Å². The van der Waals surface area contributed by atoms with Crippen LogP contribution in [0.15, 0.2) is 41.2 Å². The number of rotatable bonds is 4. The molecule has 0 N–H and O–H groups in total. The van der Waals surface area contributed by atoms with Gasteiger partial charge in [-0.1, -0.05) is 12.1 Å². The molecule has 0 atom stereocenters. The normalized spacial score (nSPS) is 10.1. The fraction of sp³-hybridized carbons (Fsp3) is 0.250. The molecule has 1 aromatic heterocycles. The molecule has 1 heterocycles. The van der Waals surface area contributed by atoms with Crippen molar-refractivity contribution in [1.82, 2.24) is 4.57 Å². The SMILES string of the molecule is COc1cccc(CCn2c(C)ccc(C#N)c2=O)c1. The Balaban J connectivity index is 2.23. The maximum Gasteiger partial charge on any atom is 0.268 e. The van der Waals surface area contributed by atoms with Crippen LogP contribution in [0.1, 0.15) is 16.8 Å². The highest BCUT2D eigenvalue weighted by molar-refractivity contribution is 5.29. The highest BCUT2D eigenvalue weighted by atomic mass is 16.5. The number of pyridine rings is 1.